The lowest BCUT2D eigenvalue weighted by atomic mass is 9.88. The van der Waals surface area contributed by atoms with E-state index >= 15 is 0 Å². The Labute approximate surface area is 131 Å². The van der Waals surface area contributed by atoms with Crippen molar-refractivity contribution in [3.8, 4) is 0 Å². The Hall–Kier alpha value is -1.82. The van der Waals surface area contributed by atoms with Gasteiger partial charge in [0, 0.05) is 26.3 Å². The summed E-state index contributed by atoms with van der Waals surface area (Å²) < 4.78 is 7.41. The van der Waals surface area contributed by atoms with Crippen LogP contribution in [0.2, 0.25) is 0 Å². The highest BCUT2D eigenvalue weighted by Gasteiger charge is 2.26. The summed E-state index contributed by atoms with van der Waals surface area (Å²) in [7, 11) is 1.78. The molecule has 22 heavy (non-hydrogen) atoms. The van der Waals surface area contributed by atoms with Crippen LogP contribution in [0.15, 0.2) is 18.3 Å². The molecule has 1 aromatic heterocycles. The summed E-state index contributed by atoms with van der Waals surface area (Å²) in [5.74, 6) is 0.306. The molecule has 0 unspecified atom stereocenters. The van der Waals surface area contributed by atoms with Gasteiger partial charge in [-0.2, -0.15) is 0 Å². The van der Waals surface area contributed by atoms with Crippen LogP contribution in [0.1, 0.15) is 43.6 Å². The quantitative estimate of drug-likeness (QED) is 0.830. The molecule has 0 aliphatic carbocycles. The number of rotatable bonds is 4. The Morgan fingerprint density at radius 3 is 2.82 bits per heavy atom. The molecule has 0 saturated carbocycles. The fourth-order valence-corrected chi connectivity index (χ4v) is 2.75. The highest BCUT2D eigenvalue weighted by atomic mass is 16.5. The summed E-state index contributed by atoms with van der Waals surface area (Å²) in [6, 6.07) is 3.48. The van der Waals surface area contributed by atoms with Crippen molar-refractivity contribution in [3.63, 3.8) is 0 Å². The molecule has 0 spiro atoms. The average molecular weight is 307 g/mol. The fourth-order valence-electron chi connectivity index (χ4n) is 2.75. The molecule has 1 aliphatic heterocycles. The first-order valence-corrected chi connectivity index (χ1v) is 7.79. The average Bonchev–Trinajstić information content (AvgIpc) is 2.91. The lowest BCUT2D eigenvalue weighted by molar-refractivity contribution is -0.124. The van der Waals surface area contributed by atoms with Crippen LogP contribution in [0.4, 0.5) is 0 Å². The van der Waals surface area contributed by atoms with E-state index < -0.39 is 0 Å². The summed E-state index contributed by atoms with van der Waals surface area (Å²) >= 11 is 0. The molecule has 1 fully saturated rings. The van der Waals surface area contributed by atoms with Gasteiger partial charge in [-0.25, -0.2) is 0 Å². The van der Waals surface area contributed by atoms with Crippen LogP contribution in [0.25, 0.3) is 0 Å². The van der Waals surface area contributed by atoms with Crippen molar-refractivity contribution in [2.24, 2.45) is 18.9 Å². The Bertz CT molecular complexity index is 524. The number of ether oxygens (including phenoxy) is 1. The van der Waals surface area contributed by atoms with Gasteiger partial charge in [0.05, 0.1) is 6.10 Å². The first-order valence-electron chi connectivity index (χ1n) is 7.79. The molecule has 2 heterocycles. The van der Waals surface area contributed by atoms with Crippen molar-refractivity contribution >= 4 is 11.8 Å². The summed E-state index contributed by atoms with van der Waals surface area (Å²) in [5.41, 5.74) is 5.46. The normalized spacial score (nSPS) is 21.6. The van der Waals surface area contributed by atoms with Crippen LogP contribution in [-0.4, -0.2) is 29.1 Å². The van der Waals surface area contributed by atoms with E-state index in [1.807, 2.05) is 0 Å². The number of aryl methyl sites for hydroxylation is 1. The zero-order valence-corrected chi connectivity index (χ0v) is 13.5. The zero-order valence-electron chi connectivity index (χ0n) is 13.5. The smallest absolute Gasteiger partial charge is 0.286 e. The van der Waals surface area contributed by atoms with Gasteiger partial charge in [0.1, 0.15) is 5.69 Å². The minimum Gasteiger partial charge on any atom is -0.378 e. The monoisotopic (exact) mass is 307 g/mol. The molecule has 0 bridgehead atoms. The van der Waals surface area contributed by atoms with Gasteiger partial charge in [0.2, 0.25) is 5.91 Å². The van der Waals surface area contributed by atoms with Gasteiger partial charge in [-0.1, -0.05) is 13.8 Å². The van der Waals surface area contributed by atoms with Crippen molar-refractivity contribution in [2.45, 2.75) is 39.2 Å². The van der Waals surface area contributed by atoms with Crippen LogP contribution in [0, 0.1) is 11.8 Å². The third kappa shape index (κ3) is 4.34. The molecule has 2 amide bonds. The summed E-state index contributed by atoms with van der Waals surface area (Å²) in [4.78, 5) is 23.9. The molecule has 122 valence electrons. The van der Waals surface area contributed by atoms with Gasteiger partial charge < -0.3 is 9.30 Å². The van der Waals surface area contributed by atoms with E-state index in [0.29, 0.717) is 30.6 Å². The van der Waals surface area contributed by atoms with Crippen LogP contribution in [-0.2, 0) is 16.6 Å². The van der Waals surface area contributed by atoms with Crippen LogP contribution < -0.4 is 10.9 Å². The number of nitrogens with zero attached hydrogens (tertiary/aromatic N) is 1. The number of hydrogen-bond donors (Lipinski definition) is 2. The molecule has 1 aliphatic rings. The van der Waals surface area contributed by atoms with E-state index in [0.717, 1.165) is 12.8 Å². The van der Waals surface area contributed by atoms with Gasteiger partial charge in [-0.15, -0.1) is 0 Å². The van der Waals surface area contributed by atoms with E-state index in [1.54, 1.807) is 29.9 Å². The minimum absolute atomic E-state index is 0.156. The summed E-state index contributed by atoms with van der Waals surface area (Å²) in [5, 5.41) is 0. The van der Waals surface area contributed by atoms with Crippen LogP contribution >= 0.6 is 0 Å². The number of aromatic nitrogens is 1. The van der Waals surface area contributed by atoms with E-state index in [2.05, 4.69) is 24.7 Å². The number of hydrazine groups is 1. The molecule has 1 aromatic rings. The van der Waals surface area contributed by atoms with Gasteiger partial charge in [-0.05, 0) is 36.8 Å². The van der Waals surface area contributed by atoms with Gasteiger partial charge >= 0.3 is 0 Å². The zero-order chi connectivity index (χ0) is 16.1. The van der Waals surface area contributed by atoms with Crippen molar-refractivity contribution in [1.82, 2.24) is 15.4 Å². The summed E-state index contributed by atoms with van der Waals surface area (Å²) in [6.45, 7) is 4.97. The van der Waals surface area contributed by atoms with Gasteiger partial charge in [0.15, 0.2) is 0 Å². The number of hydrogen-bond acceptors (Lipinski definition) is 3. The maximum absolute atomic E-state index is 12.0. The highest BCUT2D eigenvalue weighted by Crippen LogP contribution is 2.26. The second-order valence-corrected chi connectivity index (χ2v) is 6.25. The molecule has 1 saturated heterocycles. The Morgan fingerprint density at radius 2 is 2.18 bits per heavy atom. The molecule has 6 nitrogen and oxygen atoms in total. The molecule has 0 aromatic carbocycles. The van der Waals surface area contributed by atoms with E-state index in [4.69, 9.17) is 4.74 Å². The number of amides is 2. The number of nitrogens with one attached hydrogen (secondary N) is 2. The predicted octanol–water partition coefficient (Wildman–Crippen LogP) is 1.63. The third-order valence-electron chi connectivity index (χ3n) is 4.13. The maximum Gasteiger partial charge on any atom is 0.286 e. The maximum atomic E-state index is 12.0. The first kappa shape index (κ1) is 16.5. The lowest BCUT2D eigenvalue weighted by Crippen LogP contribution is -2.43. The predicted molar refractivity (Wildman–Crippen MR) is 82.9 cm³/mol. The first-order chi connectivity index (χ1) is 10.5. The van der Waals surface area contributed by atoms with Crippen LogP contribution in [0.3, 0.4) is 0 Å². The molecule has 0 radical (unpaired) electrons. The highest BCUT2D eigenvalue weighted by molar-refractivity contribution is 5.94. The molecule has 2 N–H and O–H groups in total. The minimum atomic E-state index is -0.312. The van der Waals surface area contributed by atoms with Crippen molar-refractivity contribution in [2.75, 3.05) is 6.61 Å². The van der Waals surface area contributed by atoms with Crippen LogP contribution in [0.5, 0.6) is 0 Å². The van der Waals surface area contributed by atoms with Crippen molar-refractivity contribution in [1.29, 1.82) is 0 Å². The Balaban J connectivity index is 1.76. The van der Waals surface area contributed by atoms with Gasteiger partial charge in [0.25, 0.3) is 5.91 Å². The topological polar surface area (TPSA) is 72.4 Å². The molecular weight excluding hydrogens is 282 g/mol. The Morgan fingerprint density at radius 1 is 1.41 bits per heavy atom. The number of carbonyl (C=O) groups is 2. The second-order valence-electron chi connectivity index (χ2n) is 6.25. The lowest BCUT2D eigenvalue weighted by Gasteiger charge is -2.31. The Kier molecular flexibility index (Phi) is 5.60. The molecule has 6 heteroatoms. The van der Waals surface area contributed by atoms with E-state index in [1.165, 1.54) is 0 Å². The standard InChI is InChI=1S/C16H25N3O3/c1-11(2)14-9-12(6-8-22-14)10-15(20)17-18-16(21)13-5-4-7-19(13)3/h4-5,7,11-12,14H,6,8-10H2,1-3H3,(H,17,20)(H,18,21)/t12-,14+/m0/s1. The molecule has 2 atom stereocenters. The second kappa shape index (κ2) is 7.45. The van der Waals surface area contributed by atoms with Crippen molar-refractivity contribution < 1.29 is 14.3 Å². The largest absolute Gasteiger partial charge is 0.378 e. The number of carbonyl (C=O) groups excluding carboxylic acids is 2. The van der Waals surface area contributed by atoms with Crippen molar-refractivity contribution in [3.05, 3.63) is 24.0 Å². The third-order valence-corrected chi connectivity index (χ3v) is 4.13. The van der Waals surface area contributed by atoms with Gasteiger partial charge in [-0.3, -0.25) is 20.4 Å². The SMILES string of the molecule is CC(C)[C@H]1C[C@@H](CC(=O)NNC(=O)c2cccn2C)CCO1. The fraction of sp³-hybridized carbons (Fsp3) is 0.625. The summed E-state index contributed by atoms with van der Waals surface area (Å²) in [6.07, 6.45) is 4.22. The molecular formula is C16H25N3O3. The molecule has 2 rings (SSSR count). The van der Waals surface area contributed by atoms with E-state index in [9.17, 15) is 9.59 Å². The van der Waals surface area contributed by atoms with E-state index in [-0.39, 0.29) is 17.9 Å².